The highest BCUT2D eigenvalue weighted by Gasteiger charge is 2.27. The van der Waals surface area contributed by atoms with Crippen LogP contribution >= 0.6 is 0 Å². The molecule has 0 saturated carbocycles. The van der Waals surface area contributed by atoms with Crippen molar-refractivity contribution in [2.75, 3.05) is 13.6 Å². The van der Waals surface area contributed by atoms with Gasteiger partial charge in [-0.25, -0.2) is 9.59 Å². The van der Waals surface area contributed by atoms with Crippen molar-refractivity contribution in [3.8, 4) is 0 Å². The van der Waals surface area contributed by atoms with Gasteiger partial charge in [0.1, 0.15) is 6.61 Å². The van der Waals surface area contributed by atoms with Crippen LogP contribution in [0.3, 0.4) is 0 Å². The summed E-state index contributed by atoms with van der Waals surface area (Å²) < 4.78 is 10.6. The number of nitrogens with zero attached hydrogens (tertiary/aromatic N) is 1. The van der Waals surface area contributed by atoms with E-state index in [1.165, 1.54) is 7.05 Å². The number of amides is 1. The van der Waals surface area contributed by atoms with E-state index in [0.29, 0.717) is 0 Å². The van der Waals surface area contributed by atoms with E-state index < -0.39 is 24.1 Å². The van der Waals surface area contributed by atoms with Gasteiger partial charge in [0, 0.05) is 20.0 Å². The van der Waals surface area contributed by atoms with Crippen LogP contribution in [0.25, 0.3) is 0 Å². The number of hydrogen-bond donors (Lipinski definition) is 1. The fraction of sp³-hybridized carbons (Fsp3) is 0.286. The Morgan fingerprint density at radius 1 is 0.964 bits per heavy atom. The predicted octanol–water partition coefficient (Wildman–Crippen LogP) is 2.88. The van der Waals surface area contributed by atoms with Crippen LogP contribution in [0.15, 0.2) is 60.7 Å². The molecule has 0 fully saturated rings. The van der Waals surface area contributed by atoms with Crippen molar-refractivity contribution in [1.29, 1.82) is 0 Å². The molecule has 2 aromatic carbocycles. The van der Waals surface area contributed by atoms with Crippen molar-refractivity contribution >= 4 is 18.0 Å². The molecule has 1 N–H and O–H groups in total. The van der Waals surface area contributed by atoms with Gasteiger partial charge in [-0.15, -0.1) is 0 Å². The van der Waals surface area contributed by atoms with Crippen LogP contribution in [0.5, 0.6) is 0 Å². The molecule has 0 saturated heterocycles. The first-order valence-electron chi connectivity index (χ1n) is 8.83. The van der Waals surface area contributed by atoms with Crippen molar-refractivity contribution in [3.05, 3.63) is 71.8 Å². The maximum atomic E-state index is 12.5. The molecule has 7 heteroatoms. The topological polar surface area (TPSA) is 93.1 Å². The van der Waals surface area contributed by atoms with Crippen LogP contribution in [0.1, 0.15) is 17.5 Å². The summed E-state index contributed by atoms with van der Waals surface area (Å²) >= 11 is 0. The lowest BCUT2D eigenvalue weighted by atomic mass is 10.1. The van der Waals surface area contributed by atoms with Gasteiger partial charge in [0.25, 0.3) is 0 Å². The first-order chi connectivity index (χ1) is 13.5. The lowest BCUT2D eigenvalue weighted by Gasteiger charge is -2.21. The second kappa shape index (κ2) is 10.7. The number of aliphatic carboxylic acids is 1. The highest BCUT2D eigenvalue weighted by atomic mass is 16.6. The Morgan fingerprint density at radius 2 is 1.54 bits per heavy atom. The van der Waals surface area contributed by atoms with E-state index in [4.69, 9.17) is 14.6 Å². The molecule has 148 valence electrons. The lowest BCUT2D eigenvalue weighted by molar-refractivity contribution is -0.155. The largest absolute Gasteiger partial charge is 0.481 e. The molecule has 0 bridgehead atoms. The van der Waals surface area contributed by atoms with E-state index in [1.807, 2.05) is 60.7 Å². The molecule has 0 unspecified atom stereocenters. The van der Waals surface area contributed by atoms with E-state index in [1.54, 1.807) is 0 Å². The Bertz CT molecular complexity index is 778. The molecule has 0 radical (unpaired) electrons. The maximum Gasteiger partial charge on any atom is 0.410 e. The number of rotatable bonds is 9. The predicted molar refractivity (Wildman–Crippen MR) is 102 cm³/mol. The van der Waals surface area contributed by atoms with Gasteiger partial charge >= 0.3 is 18.0 Å². The zero-order chi connectivity index (χ0) is 20.4. The molecule has 0 aliphatic heterocycles. The fourth-order valence-corrected chi connectivity index (χ4v) is 2.39. The zero-order valence-electron chi connectivity index (χ0n) is 15.6. The van der Waals surface area contributed by atoms with Gasteiger partial charge in [-0.3, -0.25) is 4.79 Å². The van der Waals surface area contributed by atoms with Crippen molar-refractivity contribution in [3.63, 3.8) is 0 Å². The van der Waals surface area contributed by atoms with Gasteiger partial charge < -0.3 is 19.5 Å². The number of carbonyl (C=O) groups excluding carboxylic acids is 2. The van der Waals surface area contributed by atoms with Crippen molar-refractivity contribution in [1.82, 2.24) is 4.90 Å². The smallest absolute Gasteiger partial charge is 0.410 e. The summed E-state index contributed by atoms with van der Waals surface area (Å²) in [7, 11) is 1.42. The molecule has 1 amide bonds. The van der Waals surface area contributed by atoms with Gasteiger partial charge in [0.05, 0.1) is 6.42 Å². The zero-order valence-corrected chi connectivity index (χ0v) is 15.6. The normalized spacial score (nSPS) is 11.3. The van der Waals surface area contributed by atoms with Gasteiger partial charge in [0.2, 0.25) is 6.10 Å². The van der Waals surface area contributed by atoms with Crippen LogP contribution in [-0.2, 0) is 32.1 Å². The van der Waals surface area contributed by atoms with E-state index >= 15 is 0 Å². The number of ether oxygens (including phenoxy) is 2. The highest BCUT2D eigenvalue weighted by molar-refractivity contribution is 5.79. The van der Waals surface area contributed by atoms with Crippen LogP contribution in [-0.4, -0.2) is 47.7 Å². The van der Waals surface area contributed by atoms with E-state index in [-0.39, 0.29) is 26.0 Å². The third-order valence-electron chi connectivity index (χ3n) is 3.97. The van der Waals surface area contributed by atoms with Gasteiger partial charge in [0.15, 0.2) is 0 Å². The second-order valence-corrected chi connectivity index (χ2v) is 6.22. The molecule has 2 rings (SSSR count). The molecule has 0 aliphatic rings. The first kappa shape index (κ1) is 21.0. The van der Waals surface area contributed by atoms with Crippen LogP contribution in [0.4, 0.5) is 4.79 Å². The van der Waals surface area contributed by atoms with Crippen molar-refractivity contribution < 1.29 is 29.0 Å². The van der Waals surface area contributed by atoms with E-state index in [2.05, 4.69) is 0 Å². The highest BCUT2D eigenvalue weighted by Crippen LogP contribution is 2.11. The Hall–Kier alpha value is -3.35. The van der Waals surface area contributed by atoms with Crippen LogP contribution in [0.2, 0.25) is 0 Å². The van der Waals surface area contributed by atoms with Gasteiger partial charge in [-0.05, 0) is 11.1 Å². The standard InChI is InChI=1S/C21H23NO6/c1-22(13-12-19(23)24)21(26)28-18(14-16-8-4-2-5-9-16)20(25)27-15-17-10-6-3-7-11-17/h2-11,18H,12-15H2,1H3,(H,23,24)/t18-/m0/s1. The molecular weight excluding hydrogens is 362 g/mol. The van der Waals surface area contributed by atoms with Crippen LogP contribution in [0, 0.1) is 0 Å². The maximum absolute atomic E-state index is 12.5. The number of hydrogen-bond acceptors (Lipinski definition) is 5. The third-order valence-corrected chi connectivity index (χ3v) is 3.97. The SMILES string of the molecule is CN(CCC(=O)O)C(=O)O[C@@H](Cc1ccccc1)C(=O)OCc1ccccc1. The van der Waals surface area contributed by atoms with Crippen LogP contribution < -0.4 is 0 Å². The minimum absolute atomic E-state index is 0.0225. The summed E-state index contributed by atoms with van der Waals surface area (Å²) in [4.78, 5) is 36.6. The summed E-state index contributed by atoms with van der Waals surface area (Å²) in [6, 6.07) is 18.3. The summed E-state index contributed by atoms with van der Waals surface area (Å²) in [6.07, 6.45) is -1.97. The van der Waals surface area contributed by atoms with Gasteiger partial charge in [-0.2, -0.15) is 0 Å². The Morgan fingerprint density at radius 3 is 2.11 bits per heavy atom. The number of esters is 1. The quantitative estimate of drug-likeness (QED) is 0.667. The van der Waals surface area contributed by atoms with E-state index in [9.17, 15) is 14.4 Å². The molecule has 0 heterocycles. The van der Waals surface area contributed by atoms with Gasteiger partial charge in [-0.1, -0.05) is 60.7 Å². The molecular formula is C21H23NO6. The fourth-order valence-electron chi connectivity index (χ4n) is 2.39. The average molecular weight is 385 g/mol. The van der Waals surface area contributed by atoms with E-state index in [0.717, 1.165) is 16.0 Å². The molecule has 28 heavy (non-hydrogen) atoms. The van der Waals surface area contributed by atoms with Crippen molar-refractivity contribution in [2.45, 2.75) is 25.6 Å². The summed E-state index contributed by atoms with van der Waals surface area (Å²) in [5.74, 6) is -1.68. The number of carboxylic acid groups (broad SMARTS) is 1. The number of carbonyl (C=O) groups is 3. The molecule has 0 aliphatic carbocycles. The number of carboxylic acids is 1. The molecule has 1 atom stereocenters. The van der Waals surface area contributed by atoms with Crippen molar-refractivity contribution in [2.24, 2.45) is 0 Å². The lowest BCUT2D eigenvalue weighted by Crippen LogP contribution is -2.37. The molecule has 0 aromatic heterocycles. The second-order valence-electron chi connectivity index (χ2n) is 6.22. The Balaban J connectivity index is 2.02. The first-order valence-corrected chi connectivity index (χ1v) is 8.83. The summed E-state index contributed by atoms with van der Waals surface area (Å²) in [5, 5.41) is 8.73. The Labute approximate surface area is 163 Å². The average Bonchev–Trinajstić information content (AvgIpc) is 2.71. The molecule has 2 aromatic rings. The monoisotopic (exact) mass is 385 g/mol. The molecule has 0 spiro atoms. The third kappa shape index (κ3) is 7.11. The summed E-state index contributed by atoms with van der Waals surface area (Å²) in [6.45, 7) is 0.0443. The number of benzene rings is 2. The molecule has 7 nitrogen and oxygen atoms in total. The Kier molecular flexibility index (Phi) is 8.02. The summed E-state index contributed by atoms with van der Waals surface area (Å²) in [5.41, 5.74) is 1.63. The minimum Gasteiger partial charge on any atom is -0.481 e. The minimum atomic E-state index is -1.13.